The maximum absolute atomic E-state index is 12.1. The van der Waals surface area contributed by atoms with Gasteiger partial charge in [0.2, 0.25) is 5.91 Å². The van der Waals surface area contributed by atoms with Crippen LogP contribution >= 0.6 is 0 Å². The number of rotatable bonds is 4. The molecule has 6 nitrogen and oxygen atoms in total. The minimum atomic E-state index is -0.479. The van der Waals surface area contributed by atoms with Crippen molar-refractivity contribution in [2.75, 3.05) is 11.9 Å². The Morgan fingerprint density at radius 1 is 1.14 bits per heavy atom. The van der Waals surface area contributed by atoms with E-state index in [0.717, 1.165) is 13.1 Å². The van der Waals surface area contributed by atoms with Gasteiger partial charge in [-0.2, -0.15) is 0 Å². The third-order valence-electron chi connectivity index (χ3n) is 3.61. The van der Waals surface area contributed by atoms with Crippen LogP contribution in [0.3, 0.4) is 0 Å². The highest BCUT2D eigenvalue weighted by Crippen LogP contribution is 2.22. The molecule has 0 unspecified atom stereocenters. The van der Waals surface area contributed by atoms with Gasteiger partial charge in [-0.3, -0.25) is 19.8 Å². The van der Waals surface area contributed by atoms with Gasteiger partial charge >= 0.3 is 0 Å². The Hall–Kier alpha value is -2.73. The molecule has 0 saturated heterocycles. The molecule has 0 atom stereocenters. The summed E-state index contributed by atoms with van der Waals surface area (Å²) in [5.41, 5.74) is 2.89. The predicted octanol–water partition coefficient (Wildman–Crippen LogP) is 2.55. The van der Waals surface area contributed by atoms with E-state index >= 15 is 0 Å². The summed E-state index contributed by atoms with van der Waals surface area (Å²) in [5, 5.41) is 13.4. The zero-order chi connectivity index (χ0) is 15.5. The molecule has 1 aliphatic heterocycles. The first kappa shape index (κ1) is 14.2. The Morgan fingerprint density at radius 2 is 1.82 bits per heavy atom. The molecule has 0 radical (unpaired) electrons. The van der Waals surface area contributed by atoms with Crippen LogP contribution in [0, 0.1) is 10.1 Å². The normalized spacial score (nSPS) is 13.6. The van der Waals surface area contributed by atoms with Gasteiger partial charge < -0.3 is 5.32 Å². The molecule has 1 aliphatic rings. The SMILES string of the molecule is O=C(CN1Cc2ccccc2C1)Nc1cccc([N+](=O)[O-])c1. The van der Waals surface area contributed by atoms with Gasteiger partial charge in [0.25, 0.3) is 5.69 Å². The number of nitro benzene ring substituents is 1. The highest BCUT2D eigenvalue weighted by molar-refractivity contribution is 5.92. The first-order chi connectivity index (χ1) is 10.6. The van der Waals surface area contributed by atoms with Gasteiger partial charge in [-0.15, -0.1) is 0 Å². The first-order valence-electron chi connectivity index (χ1n) is 6.95. The van der Waals surface area contributed by atoms with Gasteiger partial charge in [0.05, 0.1) is 11.5 Å². The van der Waals surface area contributed by atoms with Crippen LogP contribution in [0.4, 0.5) is 11.4 Å². The zero-order valence-corrected chi connectivity index (χ0v) is 11.9. The second-order valence-corrected chi connectivity index (χ2v) is 5.27. The Kier molecular flexibility index (Phi) is 3.84. The van der Waals surface area contributed by atoms with Crippen molar-refractivity contribution < 1.29 is 9.72 Å². The summed E-state index contributed by atoms with van der Waals surface area (Å²) in [7, 11) is 0. The molecular weight excluding hydrogens is 282 g/mol. The number of amides is 1. The monoisotopic (exact) mass is 297 g/mol. The van der Waals surface area contributed by atoms with E-state index in [9.17, 15) is 14.9 Å². The molecule has 2 aromatic carbocycles. The Labute approximate surface area is 127 Å². The van der Waals surface area contributed by atoms with Crippen LogP contribution in [0.15, 0.2) is 48.5 Å². The summed E-state index contributed by atoms with van der Waals surface area (Å²) in [5.74, 6) is -0.173. The van der Waals surface area contributed by atoms with Gasteiger partial charge in [0, 0.05) is 30.9 Å². The molecule has 1 N–H and O–H groups in total. The third-order valence-corrected chi connectivity index (χ3v) is 3.61. The quantitative estimate of drug-likeness (QED) is 0.695. The Morgan fingerprint density at radius 3 is 2.45 bits per heavy atom. The fourth-order valence-corrected chi connectivity index (χ4v) is 2.62. The van der Waals surface area contributed by atoms with Gasteiger partial charge in [0.1, 0.15) is 0 Å². The Balaban J connectivity index is 1.60. The number of nitrogens with one attached hydrogen (secondary N) is 1. The van der Waals surface area contributed by atoms with Gasteiger partial charge in [-0.1, -0.05) is 30.3 Å². The summed E-state index contributed by atoms with van der Waals surface area (Å²) >= 11 is 0. The topological polar surface area (TPSA) is 75.5 Å². The van der Waals surface area contributed by atoms with E-state index in [0.29, 0.717) is 5.69 Å². The molecule has 2 aromatic rings. The largest absolute Gasteiger partial charge is 0.325 e. The fourth-order valence-electron chi connectivity index (χ4n) is 2.62. The van der Waals surface area contributed by atoms with E-state index in [4.69, 9.17) is 0 Å². The number of fused-ring (bicyclic) bond motifs is 1. The van der Waals surface area contributed by atoms with E-state index in [1.807, 2.05) is 17.0 Å². The lowest BCUT2D eigenvalue weighted by molar-refractivity contribution is -0.384. The standard InChI is InChI=1S/C16H15N3O3/c20-16(17-14-6-3-7-15(8-14)19(21)22)11-18-9-12-4-1-2-5-13(12)10-18/h1-8H,9-11H2,(H,17,20). The lowest BCUT2D eigenvalue weighted by Crippen LogP contribution is -2.29. The van der Waals surface area contributed by atoms with E-state index in [1.54, 1.807) is 12.1 Å². The Bertz CT molecular complexity index is 705. The van der Waals surface area contributed by atoms with Crippen molar-refractivity contribution in [1.82, 2.24) is 4.90 Å². The van der Waals surface area contributed by atoms with Crippen LogP contribution in [0.5, 0.6) is 0 Å². The number of hydrogen-bond acceptors (Lipinski definition) is 4. The molecule has 0 aliphatic carbocycles. The lowest BCUT2D eigenvalue weighted by atomic mass is 10.1. The van der Waals surface area contributed by atoms with Crippen molar-refractivity contribution in [2.24, 2.45) is 0 Å². The molecule has 0 saturated carbocycles. The summed E-state index contributed by atoms with van der Waals surface area (Å²) in [6.07, 6.45) is 0. The maximum Gasteiger partial charge on any atom is 0.271 e. The number of nitro groups is 1. The van der Waals surface area contributed by atoms with E-state index in [1.165, 1.54) is 23.3 Å². The van der Waals surface area contributed by atoms with Crippen LogP contribution in [0.2, 0.25) is 0 Å². The molecular formula is C16H15N3O3. The molecule has 1 amide bonds. The van der Waals surface area contributed by atoms with Crippen molar-refractivity contribution in [2.45, 2.75) is 13.1 Å². The second-order valence-electron chi connectivity index (χ2n) is 5.27. The van der Waals surface area contributed by atoms with E-state index in [-0.39, 0.29) is 18.1 Å². The third kappa shape index (κ3) is 3.12. The number of anilines is 1. The predicted molar refractivity (Wildman–Crippen MR) is 82.3 cm³/mol. The molecule has 0 aromatic heterocycles. The molecule has 3 rings (SSSR count). The van der Waals surface area contributed by atoms with E-state index < -0.39 is 4.92 Å². The molecule has 22 heavy (non-hydrogen) atoms. The van der Waals surface area contributed by atoms with Gasteiger partial charge in [-0.05, 0) is 17.2 Å². The van der Waals surface area contributed by atoms with Crippen LogP contribution in [0.1, 0.15) is 11.1 Å². The van der Waals surface area contributed by atoms with Gasteiger partial charge in [-0.25, -0.2) is 0 Å². The van der Waals surface area contributed by atoms with Crippen molar-refractivity contribution in [3.05, 3.63) is 69.8 Å². The van der Waals surface area contributed by atoms with E-state index in [2.05, 4.69) is 17.4 Å². The number of hydrogen-bond donors (Lipinski definition) is 1. The second kappa shape index (κ2) is 5.95. The molecule has 0 spiro atoms. The summed E-state index contributed by atoms with van der Waals surface area (Å²) < 4.78 is 0. The molecule has 112 valence electrons. The first-order valence-corrected chi connectivity index (χ1v) is 6.95. The maximum atomic E-state index is 12.1. The highest BCUT2D eigenvalue weighted by Gasteiger charge is 2.20. The van der Waals surface area contributed by atoms with Crippen LogP contribution in [-0.4, -0.2) is 22.3 Å². The average Bonchev–Trinajstić information content (AvgIpc) is 2.89. The number of carbonyl (C=O) groups excluding carboxylic acids is 1. The number of non-ortho nitro benzene ring substituents is 1. The van der Waals surface area contributed by atoms with Crippen LogP contribution in [-0.2, 0) is 17.9 Å². The zero-order valence-electron chi connectivity index (χ0n) is 11.9. The van der Waals surface area contributed by atoms with Crippen LogP contribution in [0.25, 0.3) is 0 Å². The molecule has 6 heteroatoms. The highest BCUT2D eigenvalue weighted by atomic mass is 16.6. The van der Waals surface area contributed by atoms with Crippen molar-refractivity contribution in [3.63, 3.8) is 0 Å². The fraction of sp³-hybridized carbons (Fsp3) is 0.188. The minimum absolute atomic E-state index is 0.0358. The number of carbonyl (C=O) groups is 1. The van der Waals surface area contributed by atoms with Crippen molar-refractivity contribution in [1.29, 1.82) is 0 Å². The molecule has 0 bridgehead atoms. The summed E-state index contributed by atoms with van der Waals surface area (Å²) in [4.78, 5) is 24.4. The molecule has 1 heterocycles. The van der Waals surface area contributed by atoms with Crippen molar-refractivity contribution in [3.8, 4) is 0 Å². The minimum Gasteiger partial charge on any atom is -0.325 e. The summed E-state index contributed by atoms with van der Waals surface area (Å²) in [6.45, 7) is 1.76. The van der Waals surface area contributed by atoms with Gasteiger partial charge in [0.15, 0.2) is 0 Å². The average molecular weight is 297 g/mol. The molecule has 0 fully saturated rings. The van der Waals surface area contributed by atoms with Crippen molar-refractivity contribution >= 4 is 17.3 Å². The summed E-state index contributed by atoms with van der Waals surface area (Å²) in [6, 6.07) is 14.1. The number of nitrogens with zero attached hydrogens (tertiary/aromatic N) is 2. The smallest absolute Gasteiger partial charge is 0.271 e. The number of benzene rings is 2. The van der Waals surface area contributed by atoms with Crippen LogP contribution < -0.4 is 5.32 Å². The lowest BCUT2D eigenvalue weighted by Gasteiger charge is -2.14.